The Balaban J connectivity index is 1.05. The van der Waals surface area contributed by atoms with E-state index >= 15 is 0 Å². The van der Waals surface area contributed by atoms with Gasteiger partial charge < -0.3 is 44.4 Å². The SMILES string of the molecule is COC(=O)N[C@H](C(=O)N1CCC[C@H]1c1nc(-c2ccc(-c3ccc(-c4ccc(-c5c[nH]c([C@@H]6CCCN6C(=O)[C@@H](NC(=O)OC)C(C)C)n5)cc4)n3-c3cccc(C(C)(C)C)c3)cc2)c[nH]1)C(C)C. The Bertz CT molecular complexity index is 2620. The van der Waals surface area contributed by atoms with Gasteiger partial charge in [-0.15, -0.1) is 0 Å². The highest BCUT2D eigenvalue weighted by Gasteiger charge is 2.39. The Kier molecular flexibility index (Phi) is 14.1. The molecular formula is C54H65N9O6. The quantitative estimate of drug-likeness (QED) is 0.0884. The number of aromatic amines is 2. The third-order valence-electron chi connectivity index (χ3n) is 13.5. The van der Waals surface area contributed by atoms with Gasteiger partial charge in [0.15, 0.2) is 0 Å². The van der Waals surface area contributed by atoms with Crippen molar-refractivity contribution in [2.75, 3.05) is 27.3 Å². The number of carbonyl (C=O) groups excluding carboxylic acids is 4. The number of hydrogen-bond donors (Lipinski definition) is 4. The third kappa shape index (κ3) is 10.2. The fourth-order valence-electron chi connectivity index (χ4n) is 9.60. The molecule has 8 rings (SSSR count). The van der Waals surface area contributed by atoms with Crippen molar-refractivity contribution in [3.05, 3.63) is 115 Å². The summed E-state index contributed by atoms with van der Waals surface area (Å²) in [5.74, 6) is 0.906. The van der Waals surface area contributed by atoms with Gasteiger partial charge in [-0.1, -0.05) is 109 Å². The summed E-state index contributed by atoms with van der Waals surface area (Å²) in [6, 6.07) is 28.0. The first kappa shape index (κ1) is 48.3. The number of amides is 4. The van der Waals surface area contributed by atoms with E-state index in [-0.39, 0.29) is 41.1 Å². The fourth-order valence-corrected chi connectivity index (χ4v) is 9.60. The van der Waals surface area contributed by atoms with E-state index in [9.17, 15) is 19.2 Å². The molecule has 2 fully saturated rings. The molecule has 4 atom stereocenters. The van der Waals surface area contributed by atoms with Crippen LogP contribution >= 0.6 is 0 Å². The predicted molar refractivity (Wildman–Crippen MR) is 266 cm³/mol. The molecule has 6 aromatic rings. The number of H-pyrrole nitrogens is 2. The zero-order chi connectivity index (χ0) is 49.1. The van der Waals surface area contributed by atoms with Crippen molar-refractivity contribution in [2.45, 2.75) is 104 Å². The zero-order valence-electron chi connectivity index (χ0n) is 41.1. The smallest absolute Gasteiger partial charge is 0.407 e. The van der Waals surface area contributed by atoms with Crippen molar-refractivity contribution < 1.29 is 28.7 Å². The number of imidazole rings is 2. The highest BCUT2D eigenvalue weighted by molar-refractivity contribution is 5.87. The molecule has 0 unspecified atom stereocenters. The number of methoxy groups -OCH3 is 2. The van der Waals surface area contributed by atoms with Crippen molar-refractivity contribution in [2.24, 2.45) is 11.8 Å². The molecule has 5 heterocycles. The van der Waals surface area contributed by atoms with Crippen LogP contribution in [0.2, 0.25) is 0 Å². The minimum Gasteiger partial charge on any atom is -0.453 e. The second kappa shape index (κ2) is 20.2. The molecule has 69 heavy (non-hydrogen) atoms. The number of benzene rings is 3. The zero-order valence-corrected chi connectivity index (χ0v) is 41.1. The normalized spacial score (nSPS) is 17.0. The van der Waals surface area contributed by atoms with Crippen LogP contribution in [-0.2, 0) is 24.5 Å². The van der Waals surface area contributed by atoms with Crippen LogP contribution < -0.4 is 10.6 Å². The fraction of sp³-hybridized carbons (Fsp3) is 0.407. The minimum absolute atomic E-state index is 0.0601. The van der Waals surface area contributed by atoms with Gasteiger partial charge in [0, 0.05) is 42.3 Å². The van der Waals surface area contributed by atoms with Crippen molar-refractivity contribution in [3.63, 3.8) is 0 Å². The molecule has 0 bridgehead atoms. The molecule has 15 nitrogen and oxygen atoms in total. The Morgan fingerprint density at radius 2 is 1.04 bits per heavy atom. The first-order chi connectivity index (χ1) is 33.1. The number of ether oxygens (including phenoxy) is 2. The van der Waals surface area contributed by atoms with Gasteiger partial charge in [0.1, 0.15) is 23.7 Å². The van der Waals surface area contributed by atoms with E-state index in [1.165, 1.54) is 19.8 Å². The molecule has 0 spiro atoms. The number of aromatic nitrogens is 5. The standard InChI is InChI=1S/C54H65N9O6/c1-32(2)46(59-52(66)68-8)50(64)61-27-11-15-44(61)48-55-30-40(57-48)34-17-21-36(22-18-34)42-25-26-43(63(42)39-14-10-13-38(29-39)54(5,6)7)37-23-19-35(20-24-37)41-31-56-49(58-41)45-16-12-28-62(45)51(65)47(33(3)4)60-53(67)69-9/h10,13-14,17-26,29-33,44-47H,11-12,15-16,27-28H2,1-9H3,(H,55,57)(H,56,58)(H,59,66)(H,60,67)/t44-,45-,46-,47-/m0/s1. The van der Waals surface area contributed by atoms with Crippen LogP contribution in [0.15, 0.2) is 97.3 Å². The Morgan fingerprint density at radius 3 is 1.43 bits per heavy atom. The largest absolute Gasteiger partial charge is 0.453 e. The molecular weight excluding hydrogens is 871 g/mol. The number of nitrogens with one attached hydrogen (secondary N) is 4. The van der Waals surface area contributed by atoms with Crippen LogP contribution in [0.1, 0.15) is 103 Å². The summed E-state index contributed by atoms with van der Waals surface area (Å²) in [5.41, 5.74) is 9.80. The number of likely N-dealkylation sites (tertiary alicyclic amines) is 2. The molecule has 2 saturated heterocycles. The lowest BCUT2D eigenvalue weighted by Gasteiger charge is -2.29. The maximum absolute atomic E-state index is 13.7. The monoisotopic (exact) mass is 936 g/mol. The van der Waals surface area contributed by atoms with E-state index in [2.05, 4.69) is 131 Å². The number of rotatable bonds is 13. The maximum atomic E-state index is 13.7. The van der Waals surface area contributed by atoms with Gasteiger partial charge in [-0.05, 0) is 83.9 Å². The van der Waals surface area contributed by atoms with E-state index < -0.39 is 24.3 Å². The van der Waals surface area contributed by atoms with Crippen LogP contribution in [0.3, 0.4) is 0 Å². The van der Waals surface area contributed by atoms with Gasteiger partial charge in [0.25, 0.3) is 0 Å². The molecule has 3 aromatic heterocycles. The van der Waals surface area contributed by atoms with Gasteiger partial charge in [0.05, 0.1) is 49.1 Å². The van der Waals surface area contributed by atoms with E-state index in [0.717, 1.165) is 88.0 Å². The third-order valence-corrected chi connectivity index (χ3v) is 13.5. The van der Waals surface area contributed by atoms with Gasteiger partial charge in [-0.3, -0.25) is 9.59 Å². The molecule has 3 aromatic carbocycles. The lowest BCUT2D eigenvalue weighted by Crippen LogP contribution is -2.51. The van der Waals surface area contributed by atoms with Crippen LogP contribution in [0.4, 0.5) is 9.59 Å². The summed E-state index contributed by atoms with van der Waals surface area (Å²) in [6.45, 7) is 15.5. The molecule has 15 heteroatoms. The van der Waals surface area contributed by atoms with Crippen LogP contribution in [0.5, 0.6) is 0 Å². The van der Waals surface area contributed by atoms with Crippen molar-refractivity contribution in [1.29, 1.82) is 0 Å². The molecule has 2 aliphatic rings. The number of carbonyl (C=O) groups is 4. The lowest BCUT2D eigenvalue weighted by atomic mass is 9.87. The van der Waals surface area contributed by atoms with E-state index in [4.69, 9.17) is 19.4 Å². The van der Waals surface area contributed by atoms with Crippen LogP contribution in [-0.4, -0.2) is 97.7 Å². The maximum Gasteiger partial charge on any atom is 0.407 e. The molecule has 362 valence electrons. The Morgan fingerprint density at radius 1 is 0.623 bits per heavy atom. The first-order valence-corrected chi connectivity index (χ1v) is 24.0. The minimum atomic E-state index is -0.705. The highest BCUT2D eigenvalue weighted by Crippen LogP contribution is 2.38. The number of nitrogens with zero attached hydrogens (tertiary/aromatic N) is 5. The van der Waals surface area contributed by atoms with Crippen LogP contribution in [0, 0.1) is 11.8 Å². The summed E-state index contributed by atoms with van der Waals surface area (Å²) < 4.78 is 11.9. The highest BCUT2D eigenvalue weighted by atomic mass is 16.5. The van der Waals surface area contributed by atoms with E-state index in [1.807, 2.05) is 49.9 Å². The molecule has 2 aliphatic heterocycles. The summed E-state index contributed by atoms with van der Waals surface area (Å²) in [5, 5.41) is 5.44. The second-order valence-corrected chi connectivity index (χ2v) is 19.8. The van der Waals surface area contributed by atoms with E-state index in [0.29, 0.717) is 13.1 Å². The average molecular weight is 936 g/mol. The summed E-state index contributed by atoms with van der Waals surface area (Å²) >= 11 is 0. The van der Waals surface area contributed by atoms with Crippen LogP contribution in [0.25, 0.3) is 50.7 Å². The molecule has 4 amide bonds. The number of hydrogen-bond acceptors (Lipinski definition) is 8. The van der Waals surface area contributed by atoms with Gasteiger partial charge >= 0.3 is 12.2 Å². The summed E-state index contributed by atoms with van der Waals surface area (Å²) in [7, 11) is 2.59. The number of alkyl carbamates (subject to hydrolysis) is 2. The predicted octanol–water partition coefficient (Wildman–Crippen LogP) is 9.98. The Labute approximate surface area is 404 Å². The molecule has 0 saturated carbocycles. The summed E-state index contributed by atoms with van der Waals surface area (Å²) in [4.78, 5) is 72.0. The molecule has 4 N–H and O–H groups in total. The second-order valence-electron chi connectivity index (χ2n) is 19.8. The van der Waals surface area contributed by atoms with Crippen molar-refractivity contribution in [1.82, 2.24) is 44.9 Å². The van der Waals surface area contributed by atoms with Crippen molar-refractivity contribution in [3.8, 4) is 50.7 Å². The topological polar surface area (TPSA) is 180 Å². The first-order valence-electron chi connectivity index (χ1n) is 24.0. The van der Waals surface area contributed by atoms with Gasteiger partial charge in [0.2, 0.25) is 11.8 Å². The van der Waals surface area contributed by atoms with Gasteiger partial charge in [-0.25, -0.2) is 19.6 Å². The van der Waals surface area contributed by atoms with Gasteiger partial charge in [-0.2, -0.15) is 0 Å². The van der Waals surface area contributed by atoms with Crippen molar-refractivity contribution >= 4 is 24.0 Å². The molecule has 0 aliphatic carbocycles. The Hall–Kier alpha value is -7.16. The molecule has 0 radical (unpaired) electrons. The summed E-state index contributed by atoms with van der Waals surface area (Å²) in [6.07, 6.45) is 5.74. The average Bonchev–Trinajstić information content (AvgIpc) is 4.21. The lowest BCUT2D eigenvalue weighted by molar-refractivity contribution is -0.136. The van der Waals surface area contributed by atoms with E-state index in [1.54, 1.807) is 0 Å².